The van der Waals surface area contributed by atoms with Gasteiger partial charge >= 0.3 is 0 Å². The Labute approximate surface area is 220 Å². The summed E-state index contributed by atoms with van der Waals surface area (Å²) >= 11 is 2.85. The lowest BCUT2D eigenvalue weighted by atomic mass is 10.2. The van der Waals surface area contributed by atoms with Gasteiger partial charge in [0.05, 0.1) is 0 Å². The number of carbonyl (C=O) groups excluding carboxylic acids is 1. The van der Waals surface area contributed by atoms with Crippen LogP contribution in [-0.2, 0) is 4.79 Å². The Kier molecular flexibility index (Phi) is 9.11. The van der Waals surface area contributed by atoms with E-state index in [0.717, 1.165) is 48.2 Å². The number of nitrogens with zero attached hydrogens (tertiary/aromatic N) is 6. The van der Waals surface area contributed by atoms with Gasteiger partial charge in [0.15, 0.2) is 9.96 Å². The van der Waals surface area contributed by atoms with E-state index in [0.29, 0.717) is 21.9 Å². The lowest BCUT2D eigenvalue weighted by molar-refractivity contribution is -0.114. The van der Waals surface area contributed by atoms with Crippen LogP contribution in [0.15, 0.2) is 40.5 Å². The molecule has 9 nitrogen and oxygen atoms in total. The number of hydrogen-bond acceptors (Lipinski definition) is 9. The van der Waals surface area contributed by atoms with Crippen molar-refractivity contribution in [3.05, 3.63) is 40.1 Å². The van der Waals surface area contributed by atoms with E-state index in [2.05, 4.69) is 22.0 Å². The van der Waals surface area contributed by atoms with Crippen LogP contribution in [0.4, 0.5) is 11.6 Å². The molecule has 0 saturated carbocycles. The number of thiazole rings is 1. The van der Waals surface area contributed by atoms with Crippen LogP contribution >= 0.6 is 23.1 Å². The third-order valence-corrected chi connectivity index (χ3v) is 7.65. The molecular weight excluding hydrogens is 492 g/mol. The van der Waals surface area contributed by atoms with E-state index >= 15 is 0 Å². The minimum Gasteiger partial charge on any atom is -0.338 e. The summed E-state index contributed by atoms with van der Waals surface area (Å²) in [7, 11) is 0. The zero-order chi connectivity index (χ0) is 25.5. The van der Waals surface area contributed by atoms with Gasteiger partial charge < -0.3 is 10.2 Å². The average molecular weight is 527 g/mol. The summed E-state index contributed by atoms with van der Waals surface area (Å²) < 4.78 is 1.72. The number of rotatable bonds is 10. The fraction of sp³-hybridized carbons (Fsp3) is 0.480. The van der Waals surface area contributed by atoms with E-state index in [-0.39, 0.29) is 5.91 Å². The van der Waals surface area contributed by atoms with Crippen molar-refractivity contribution in [1.82, 2.24) is 24.4 Å². The predicted molar refractivity (Wildman–Crippen MR) is 145 cm³/mol. The van der Waals surface area contributed by atoms with Crippen LogP contribution in [0.25, 0.3) is 5.95 Å². The Morgan fingerprint density at radius 2 is 1.78 bits per heavy atom. The van der Waals surface area contributed by atoms with Gasteiger partial charge in [-0.05, 0) is 55.9 Å². The third kappa shape index (κ3) is 7.14. The molecule has 0 spiro atoms. The Morgan fingerprint density at radius 3 is 2.42 bits per heavy atom. The van der Waals surface area contributed by atoms with Crippen molar-refractivity contribution in [2.75, 3.05) is 42.9 Å². The SMILES string of the molecule is CCCCCCN1CCN(c2nc(Sc3ccc(NC(C)=O)cc3)nc(-n3cc(C)sc3=N)n2)CC1. The van der Waals surface area contributed by atoms with E-state index in [1.165, 1.54) is 55.7 Å². The van der Waals surface area contributed by atoms with E-state index in [9.17, 15) is 4.79 Å². The second-order valence-electron chi connectivity index (χ2n) is 8.93. The van der Waals surface area contributed by atoms with Gasteiger partial charge in [0.1, 0.15) is 0 Å². The summed E-state index contributed by atoms with van der Waals surface area (Å²) in [6.45, 7) is 10.6. The van der Waals surface area contributed by atoms with Crippen LogP contribution in [0.2, 0.25) is 0 Å². The van der Waals surface area contributed by atoms with Crippen molar-refractivity contribution in [1.29, 1.82) is 5.41 Å². The fourth-order valence-electron chi connectivity index (χ4n) is 4.10. The third-order valence-electron chi connectivity index (χ3n) is 5.96. The van der Waals surface area contributed by atoms with Gasteiger partial charge in [-0.2, -0.15) is 15.0 Å². The molecule has 1 saturated heterocycles. The number of piperazine rings is 1. The molecule has 0 bridgehead atoms. The zero-order valence-corrected chi connectivity index (χ0v) is 22.8. The molecule has 4 rings (SSSR count). The molecule has 0 aliphatic carbocycles. The first-order valence-electron chi connectivity index (χ1n) is 12.4. The smallest absolute Gasteiger partial charge is 0.241 e. The van der Waals surface area contributed by atoms with E-state index in [1.807, 2.05) is 37.4 Å². The Bertz CT molecular complexity index is 1220. The van der Waals surface area contributed by atoms with Gasteiger partial charge in [-0.1, -0.05) is 26.2 Å². The molecule has 36 heavy (non-hydrogen) atoms. The molecule has 3 heterocycles. The number of unbranched alkanes of at least 4 members (excludes halogenated alkanes) is 3. The number of amides is 1. The fourth-order valence-corrected chi connectivity index (χ4v) is 5.53. The van der Waals surface area contributed by atoms with Gasteiger partial charge in [0, 0.05) is 54.8 Å². The largest absolute Gasteiger partial charge is 0.338 e. The highest BCUT2D eigenvalue weighted by Crippen LogP contribution is 2.28. The molecule has 2 N–H and O–H groups in total. The van der Waals surface area contributed by atoms with Gasteiger partial charge in [0.25, 0.3) is 0 Å². The summed E-state index contributed by atoms with van der Waals surface area (Å²) in [6, 6.07) is 7.61. The van der Waals surface area contributed by atoms with Crippen LogP contribution in [0.3, 0.4) is 0 Å². The number of benzene rings is 1. The van der Waals surface area contributed by atoms with Crippen molar-refractivity contribution < 1.29 is 4.79 Å². The Hall–Kier alpha value is -2.76. The van der Waals surface area contributed by atoms with Gasteiger partial charge in [-0.15, -0.1) is 11.3 Å². The maximum absolute atomic E-state index is 11.3. The average Bonchev–Trinajstić information content (AvgIpc) is 3.21. The van der Waals surface area contributed by atoms with Crippen molar-refractivity contribution in [3.8, 4) is 5.95 Å². The monoisotopic (exact) mass is 526 g/mol. The van der Waals surface area contributed by atoms with Crippen molar-refractivity contribution in [2.45, 2.75) is 56.5 Å². The minimum absolute atomic E-state index is 0.0995. The highest BCUT2D eigenvalue weighted by atomic mass is 32.2. The van der Waals surface area contributed by atoms with Crippen LogP contribution in [0.1, 0.15) is 44.4 Å². The predicted octanol–water partition coefficient (Wildman–Crippen LogP) is 4.32. The summed E-state index contributed by atoms with van der Waals surface area (Å²) in [4.78, 5) is 32.7. The summed E-state index contributed by atoms with van der Waals surface area (Å²) in [5.74, 6) is 1.02. The topological polar surface area (TPSA) is 103 Å². The van der Waals surface area contributed by atoms with E-state index in [4.69, 9.17) is 20.4 Å². The van der Waals surface area contributed by atoms with Crippen LogP contribution in [0, 0.1) is 12.3 Å². The molecule has 0 unspecified atom stereocenters. The van der Waals surface area contributed by atoms with Crippen molar-refractivity contribution in [3.63, 3.8) is 0 Å². The Balaban J connectivity index is 1.53. The molecule has 0 atom stereocenters. The summed E-state index contributed by atoms with van der Waals surface area (Å²) in [6.07, 6.45) is 7.02. The lowest BCUT2D eigenvalue weighted by Crippen LogP contribution is -2.47. The number of aryl methyl sites for hydroxylation is 1. The molecule has 2 aromatic heterocycles. The first-order chi connectivity index (χ1) is 17.4. The lowest BCUT2D eigenvalue weighted by Gasteiger charge is -2.34. The standard InChI is InChI=1S/C25H34N8OS2/c1-4-5-6-7-12-31-13-15-32(16-14-31)23-28-24(33-17-18(2)35-22(33)26)30-25(29-23)36-21-10-8-20(9-11-21)27-19(3)34/h8-11,17,26H,4-7,12-16H2,1-3H3,(H,27,34). The van der Waals surface area contributed by atoms with Crippen molar-refractivity contribution >= 4 is 40.6 Å². The van der Waals surface area contributed by atoms with Gasteiger partial charge in [-0.3, -0.25) is 19.7 Å². The van der Waals surface area contributed by atoms with Gasteiger partial charge in [-0.25, -0.2) is 0 Å². The molecular formula is C25H34N8OS2. The van der Waals surface area contributed by atoms with Crippen molar-refractivity contribution in [2.24, 2.45) is 0 Å². The molecule has 0 radical (unpaired) electrons. The number of anilines is 2. The second-order valence-corrected chi connectivity index (χ2v) is 11.2. The summed E-state index contributed by atoms with van der Waals surface area (Å²) in [5, 5.41) is 11.7. The van der Waals surface area contributed by atoms with Crippen LogP contribution < -0.4 is 15.0 Å². The molecule has 11 heteroatoms. The number of nitrogens with one attached hydrogen (secondary N) is 2. The molecule has 1 aliphatic rings. The second kappa shape index (κ2) is 12.5. The van der Waals surface area contributed by atoms with E-state index in [1.54, 1.807) is 4.57 Å². The van der Waals surface area contributed by atoms with Gasteiger partial charge in [0.2, 0.25) is 17.8 Å². The zero-order valence-electron chi connectivity index (χ0n) is 21.2. The number of aromatic nitrogens is 4. The molecule has 1 amide bonds. The molecule has 3 aromatic rings. The molecule has 1 fully saturated rings. The maximum Gasteiger partial charge on any atom is 0.241 e. The number of hydrogen-bond donors (Lipinski definition) is 2. The van der Waals surface area contributed by atoms with E-state index < -0.39 is 0 Å². The van der Waals surface area contributed by atoms with Crippen LogP contribution in [-0.4, -0.2) is 63.0 Å². The maximum atomic E-state index is 11.3. The first kappa shape index (κ1) is 26.3. The molecule has 1 aliphatic heterocycles. The van der Waals surface area contributed by atoms with Crippen LogP contribution in [0.5, 0.6) is 0 Å². The first-order valence-corrected chi connectivity index (χ1v) is 14.1. The highest BCUT2D eigenvalue weighted by Gasteiger charge is 2.21. The highest BCUT2D eigenvalue weighted by molar-refractivity contribution is 7.99. The normalized spacial score (nSPS) is 14.2. The number of carbonyl (C=O) groups is 1. The minimum atomic E-state index is -0.0995. The quantitative estimate of drug-likeness (QED) is 0.379. The Morgan fingerprint density at radius 1 is 1.06 bits per heavy atom. The summed E-state index contributed by atoms with van der Waals surface area (Å²) in [5.41, 5.74) is 0.750. The molecule has 192 valence electrons. The molecule has 1 aromatic carbocycles.